The minimum Gasteiger partial charge on any atom is -0.494 e. The molecule has 29 heavy (non-hydrogen) atoms. The van der Waals surface area contributed by atoms with Crippen LogP contribution in [0.25, 0.3) is 0 Å². The van der Waals surface area contributed by atoms with E-state index in [-0.39, 0.29) is 30.3 Å². The van der Waals surface area contributed by atoms with Gasteiger partial charge in [0.1, 0.15) is 17.6 Å². The Bertz CT molecular complexity index is 774. The Morgan fingerprint density at radius 3 is 2.66 bits per heavy atom. The van der Waals surface area contributed by atoms with Crippen LogP contribution >= 0.6 is 12.4 Å². The van der Waals surface area contributed by atoms with Gasteiger partial charge in [0, 0.05) is 54.6 Å². The van der Waals surface area contributed by atoms with Crippen molar-refractivity contribution < 1.29 is 14.3 Å². The number of ether oxygens (including phenoxy) is 2. The van der Waals surface area contributed by atoms with E-state index in [1.807, 2.05) is 14.0 Å². The fourth-order valence-corrected chi connectivity index (χ4v) is 5.62. The van der Waals surface area contributed by atoms with Crippen LogP contribution < -0.4 is 14.8 Å². The number of rotatable bonds is 5. The maximum atomic E-state index is 13.2. The number of carbonyl (C=O) groups excluding carboxylic acids is 1. The van der Waals surface area contributed by atoms with E-state index in [4.69, 9.17) is 9.47 Å². The largest absolute Gasteiger partial charge is 0.494 e. The van der Waals surface area contributed by atoms with Crippen LogP contribution in [0.1, 0.15) is 63.0 Å². The van der Waals surface area contributed by atoms with Crippen molar-refractivity contribution >= 4 is 18.3 Å². The highest BCUT2D eigenvalue weighted by molar-refractivity contribution is 5.85. The van der Waals surface area contributed by atoms with Crippen LogP contribution in [0.4, 0.5) is 0 Å². The van der Waals surface area contributed by atoms with E-state index < -0.39 is 0 Å². The molecule has 0 aromatic heterocycles. The number of halogens is 1. The van der Waals surface area contributed by atoms with E-state index in [1.165, 1.54) is 18.4 Å². The number of hydrogen-bond acceptors (Lipinski definition) is 4. The van der Waals surface area contributed by atoms with Gasteiger partial charge in [0.25, 0.3) is 0 Å². The summed E-state index contributed by atoms with van der Waals surface area (Å²) in [6, 6.07) is 5.89. The molecule has 1 saturated carbocycles. The van der Waals surface area contributed by atoms with Crippen molar-refractivity contribution in [1.82, 2.24) is 10.2 Å². The van der Waals surface area contributed by atoms with E-state index in [1.54, 1.807) is 0 Å². The summed E-state index contributed by atoms with van der Waals surface area (Å²) in [6.07, 6.45) is 6.81. The highest BCUT2D eigenvalue weighted by Gasteiger charge is 2.48. The minimum absolute atomic E-state index is 0. The monoisotopic (exact) mass is 420 g/mol. The van der Waals surface area contributed by atoms with Gasteiger partial charge < -0.3 is 19.7 Å². The summed E-state index contributed by atoms with van der Waals surface area (Å²) in [4.78, 5) is 15.3. The average molecular weight is 421 g/mol. The topological polar surface area (TPSA) is 50.8 Å². The predicted molar refractivity (Wildman–Crippen MR) is 115 cm³/mol. The molecule has 1 aromatic rings. The number of carbonyl (C=O) groups is 1. The summed E-state index contributed by atoms with van der Waals surface area (Å²) < 4.78 is 11.9. The van der Waals surface area contributed by atoms with Gasteiger partial charge in [-0.25, -0.2) is 0 Å². The zero-order valence-electron chi connectivity index (χ0n) is 17.6. The Labute approximate surface area is 179 Å². The Balaban J connectivity index is 0.00000205. The van der Waals surface area contributed by atoms with Crippen molar-refractivity contribution in [2.75, 3.05) is 13.7 Å². The molecule has 1 aliphatic carbocycles. The maximum Gasteiger partial charge on any atom is 0.226 e. The van der Waals surface area contributed by atoms with E-state index in [2.05, 4.69) is 29.3 Å². The van der Waals surface area contributed by atoms with Crippen LogP contribution in [0.5, 0.6) is 11.5 Å². The molecular weight excluding hydrogens is 388 g/mol. The number of nitrogens with one attached hydrogen (secondary N) is 1. The third-order valence-corrected chi connectivity index (χ3v) is 7.18. The molecule has 0 radical (unpaired) electrons. The summed E-state index contributed by atoms with van der Waals surface area (Å²) in [5, 5.41) is 3.67. The first-order valence-corrected chi connectivity index (χ1v) is 11.0. The summed E-state index contributed by atoms with van der Waals surface area (Å²) in [5.74, 6) is 2.59. The Hall–Kier alpha value is -1.46. The molecule has 2 saturated heterocycles. The van der Waals surface area contributed by atoms with Gasteiger partial charge in [-0.15, -0.1) is 12.4 Å². The molecule has 1 aromatic carbocycles. The first-order valence-electron chi connectivity index (χ1n) is 11.0. The molecule has 3 fully saturated rings. The molecule has 5 rings (SSSR count). The average Bonchev–Trinajstić information content (AvgIpc) is 3.29. The Morgan fingerprint density at radius 1 is 1.24 bits per heavy atom. The number of fused-ring (bicyclic) bond motifs is 3. The lowest BCUT2D eigenvalue weighted by Gasteiger charge is -2.35. The standard InChI is InChI=1S/C23H32N2O3.ClH/c1-4-27-22-8-14-7-13(2)28-21(14)12-19(22)18-11-20(18)23(26)25(3)17-9-15-5-6-16(10-17)24-15;/h8,12-13,15-18,20,24H,4-7,9-11H2,1-3H3;1H. The molecule has 3 heterocycles. The molecule has 1 N–H and O–H groups in total. The third-order valence-electron chi connectivity index (χ3n) is 7.18. The Morgan fingerprint density at radius 2 is 1.97 bits per heavy atom. The second-order valence-electron chi connectivity index (χ2n) is 9.22. The summed E-state index contributed by atoms with van der Waals surface area (Å²) in [7, 11) is 2.02. The van der Waals surface area contributed by atoms with Gasteiger partial charge in [-0.2, -0.15) is 0 Å². The normalized spacial score (nSPS) is 34.0. The van der Waals surface area contributed by atoms with Crippen molar-refractivity contribution in [3.05, 3.63) is 23.3 Å². The third kappa shape index (κ3) is 3.84. The summed E-state index contributed by atoms with van der Waals surface area (Å²) in [6.45, 7) is 4.76. The first kappa shape index (κ1) is 20.8. The van der Waals surface area contributed by atoms with E-state index in [9.17, 15) is 4.79 Å². The second-order valence-corrected chi connectivity index (χ2v) is 9.22. The molecule has 6 heteroatoms. The number of amides is 1. The van der Waals surface area contributed by atoms with Crippen molar-refractivity contribution in [1.29, 1.82) is 0 Å². The predicted octanol–water partition coefficient (Wildman–Crippen LogP) is 3.68. The molecule has 4 aliphatic rings. The lowest BCUT2D eigenvalue weighted by molar-refractivity contribution is -0.134. The van der Waals surface area contributed by atoms with E-state index >= 15 is 0 Å². The molecule has 0 spiro atoms. The number of hydrogen-bond donors (Lipinski definition) is 1. The minimum atomic E-state index is 0. The van der Waals surface area contributed by atoms with Crippen molar-refractivity contribution in [2.45, 2.75) is 82.5 Å². The lowest BCUT2D eigenvalue weighted by atomic mass is 9.97. The zero-order valence-corrected chi connectivity index (χ0v) is 18.5. The summed E-state index contributed by atoms with van der Waals surface area (Å²) >= 11 is 0. The van der Waals surface area contributed by atoms with Crippen LogP contribution in [0, 0.1) is 5.92 Å². The molecule has 3 aliphatic heterocycles. The van der Waals surface area contributed by atoms with Crippen LogP contribution in [-0.2, 0) is 11.2 Å². The number of nitrogens with zero attached hydrogens (tertiary/aromatic N) is 1. The quantitative estimate of drug-likeness (QED) is 0.789. The van der Waals surface area contributed by atoms with Crippen LogP contribution in [0.3, 0.4) is 0 Å². The van der Waals surface area contributed by atoms with Crippen molar-refractivity contribution in [2.24, 2.45) is 5.92 Å². The highest BCUT2D eigenvalue weighted by atomic mass is 35.5. The summed E-state index contributed by atoms with van der Waals surface area (Å²) in [5.41, 5.74) is 2.39. The number of benzene rings is 1. The van der Waals surface area contributed by atoms with Crippen molar-refractivity contribution in [3.8, 4) is 11.5 Å². The van der Waals surface area contributed by atoms with Crippen LogP contribution in [0.15, 0.2) is 12.1 Å². The maximum absolute atomic E-state index is 13.2. The fourth-order valence-electron chi connectivity index (χ4n) is 5.62. The molecule has 2 bridgehead atoms. The zero-order chi connectivity index (χ0) is 19.4. The Kier molecular flexibility index (Phi) is 5.73. The smallest absolute Gasteiger partial charge is 0.226 e. The van der Waals surface area contributed by atoms with Crippen LogP contribution in [-0.4, -0.2) is 48.7 Å². The van der Waals surface area contributed by atoms with Gasteiger partial charge in [-0.05, 0) is 58.1 Å². The van der Waals surface area contributed by atoms with E-state index in [0.717, 1.165) is 42.7 Å². The second kappa shape index (κ2) is 7.99. The van der Waals surface area contributed by atoms with Crippen LogP contribution in [0.2, 0.25) is 0 Å². The van der Waals surface area contributed by atoms with Gasteiger partial charge in [-0.1, -0.05) is 0 Å². The highest BCUT2D eigenvalue weighted by Crippen LogP contribution is 2.53. The molecule has 5 nitrogen and oxygen atoms in total. The van der Waals surface area contributed by atoms with Gasteiger partial charge in [0.2, 0.25) is 5.91 Å². The molecular formula is C23H33ClN2O3. The van der Waals surface area contributed by atoms with Gasteiger partial charge >= 0.3 is 0 Å². The lowest BCUT2D eigenvalue weighted by Crippen LogP contribution is -2.49. The molecule has 5 unspecified atom stereocenters. The first-order chi connectivity index (χ1) is 13.5. The van der Waals surface area contributed by atoms with Gasteiger partial charge in [0.15, 0.2) is 0 Å². The fraction of sp³-hybridized carbons (Fsp3) is 0.696. The SMILES string of the molecule is CCOc1cc2c(cc1C1CC1C(=O)N(C)C1CC3CCC(C1)N3)OC(C)C2.Cl. The van der Waals surface area contributed by atoms with Crippen molar-refractivity contribution in [3.63, 3.8) is 0 Å². The number of piperidine rings is 1. The van der Waals surface area contributed by atoms with Gasteiger partial charge in [-0.3, -0.25) is 4.79 Å². The molecule has 1 amide bonds. The van der Waals surface area contributed by atoms with E-state index in [0.29, 0.717) is 30.6 Å². The van der Waals surface area contributed by atoms with Gasteiger partial charge in [0.05, 0.1) is 6.61 Å². The molecule has 160 valence electrons. The molecule has 5 atom stereocenters.